The molecule has 0 radical (unpaired) electrons. The number of hydrogen-bond acceptors (Lipinski definition) is 3. The summed E-state index contributed by atoms with van der Waals surface area (Å²) in [4.78, 5) is 36.7. The fraction of sp³-hybridized carbons (Fsp3) is 0.250. The summed E-state index contributed by atoms with van der Waals surface area (Å²) >= 11 is 0. The van der Waals surface area contributed by atoms with Gasteiger partial charge in [-0.2, -0.15) is 0 Å². The van der Waals surface area contributed by atoms with E-state index in [1.165, 1.54) is 0 Å². The Hall–Kier alpha value is -3.35. The molecule has 1 atom stereocenters. The number of nitrogens with two attached hydrogens (primary N) is 1. The Kier molecular flexibility index (Phi) is 5.40. The average Bonchev–Trinajstić information content (AvgIpc) is 2.95. The maximum atomic E-state index is 12.6. The fourth-order valence-corrected chi connectivity index (χ4v) is 3.20. The van der Waals surface area contributed by atoms with E-state index in [1.54, 1.807) is 33.4 Å². The van der Waals surface area contributed by atoms with E-state index in [0.717, 1.165) is 11.0 Å². The van der Waals surface area contributed by atoms with Gasteiger partial charge >= 0.3 is 5.69 Å². The first-order valence-corrected chi connectivity index (χ1v) is 8.84. The zero-order valence-electron chi connectivity index (χ0n) is 15.1. The summed E-state index contributed by atoms with van der Waals surface area (Å²) in [6.07, 6.45) is 0.0637. The second-order valence-electron chi connectivity index (χ2n) is 6.23. The highest BCUT2D eigenvalue weighted by Gasteiger charge is 2.20. The first kappa shape index (κ1) is 18.4. The zero-order chi connectivity index (χ0) is 19.4. The molecule has 0 aliphatic carbocycles. The predicted molar refractivity (Wildman–Crippen MR) is 103 cm³/mol. The number of carbonyl (C=O) groups excluding carboxylic acids is 2. The minimum atomic E-state index is -0.896. The van der Waals surface area contributed by atoms with Crippen LogP contribution in [0.4, 0.5) is 0 Å². The van der Waals surface area contributed by atoms with Crippen molar-refractivity contribution >= 4 is 22.8 Å². The molecule has 140 valence electrons. The first-order chi connectivity index (χ1) is 13.0. The lowest BCUT2D eigenvalue weighted by atomic mass is 10.1. The zero-order valence-corrected chi connectivity index (χ0v) is 15.1. The largest absolute Gasteiger partial charge is 0.368 e. The molecule has 2 amide bonds. The molecule has 0 aliphatic rings. The van der Waals surface area contributed by atoms with E-state index in [4.69, 9.17) is 5.73 Å². The van der Waals surface area contributed by atoms with Crippen molar-refractivity contribution in [2.45, 2.75) is 32.5 Å². The number of primary amides is 1. The molecular weight excluding hydrogens is 344 g/mol. The van der Waals surface area contributed by atoms with E-state index in [-0.39, 0.29) is 24.6 Å². The Morgan fingerprint density at radius 2 is 1.59 bits per heavy atom. The van der Waals surface area contributed by atoms with Gasteiger partial charge in [-0.25, -0.2) is 4.79 Å². The van der Waals surface area contributed by atoms with Crippen LogP contribution in [0.1, 0.15) is 24.9 Å². The monoisotopic (exact) mass is 366 g/mol. The highest BCUT2D eigenvalue weighted by Crippen LogP contribution is 2.14. The highest BCUT2D eigenvalue weighted by molar-refractivity contribution is 5.87. The number of imidazole rings is 1. The SMILES string of the molecule is CCn1c(=O)n(CCC(=O)N[C@H](C(N)=O)c2ccccc2)c2ccccc21. The van der Waals surface area contributed by atoms with Gasteiger partial charge < -0.3 is 11.1 Å². The Bertz CT molecular complexity index is 1020. The molecule has 1 heterocycles. The molecule has 0 bridgehead atoms. The van der Waals surface area contributed by atoms with E-state index in [0.29, 0.717) is 12.1 Å². The smallest absolute Gasteiger partial charge is 0.329 e. The molecule has 7 nitrogen and oxygen atoms in total. The molecule has 0 aliphatic heterocycles. The van der Waals surface area contributed by atoms with Gasteiger partial charge in [0.2, 0.25) is 11.8 Å². The van der Waals surface area contributed by atoms with Crippen LogP contribution >= 0.6 is 0 Å². The van der Waals surface area contributed by atoms with Crippen molar-refractivity contribution in [3.05, 3.63) is 70.6 Å². The number of rotatable bonds is 7. The van der Waals surface area contributed by atoms with Crippen molar-refractivity contribution in [3.8, 4) is 0 Å². The van der Waals surface area contributed by atoms with Gasteiger partial charge in [-0.15, -0.1) is 0 Å². The van der Waals surface area contributed by atoms with Crippen LogP contribution in [0, 0.1) is 0 Å². The van der Waals surface area contributed by atoms with Gasteiger partial charge in [0, 0.05) is 19.5 Å². The number of fused-ring (bicyclic) bond motifs is 1. The number of amides is 2. The van der Waals surface area contributed by atoms with Crippen molar-refractivity contribution in [2.24, 2.45) is 5.73 Å². The van der Waals surface area contributed by atoms with Crippen molar-refractivity contribution in [1.29, 1.82) is 0 Å². The second kappa shape index (κ2) is 7.90. The molecule has 3 N–H and O–H groups in total. The van der Waals surface area contributed by atoms with Gasteiger partial charge in [0.05, 0.1) is 11.0 Å². The molecular formula is C20H22N4O3. The van der Waals surface area contributed by atoms with Gasteiger partial charge in [0.15, 0.2) is 0 Å². The van der Waals surface area contributed by atoms with Crippen molar-refractivity contribution in [1.82, 2.24) is 14.5 Å². The molecule has 3 aromatic rings. The molecule has 0 unspecified atom stereocenters. The van der Waals surface area contributed by atoms with Gasteiger partial charge in [-0.3, -0.25) is 18.7 Å². The number of hydrogen-bond donors (Lipinski definition) is 2. The number of aromatic nitrogens is 2. The summed E-state index contributed by atoms with van der Waals surface area (Å²) in [5.74, 6) is -0.975. The molecule has 27 heavy (non-hydrogen) atoms. The maximum Gasteiger partial charge on any atom is 0.329 e. The topological polar surface area (TPSA) is 99.1 Å². The summed E-state index contributed by atoms with van der Waals surface area (Å²) < 4.78 is 3.25. The van der Waals surface area contributed by atoms with Crippen LogP contribution in [0.5, 0.6) is 0 Å². The number of benzene rings is 2. The van der Waals surface area contributed by atoms with Gasteiger partial charge in [0.25, 0.3) is 0 Å². The van der Waals surface area contributed by atoms with Crippen molar-refractivity contribution < 1.29 is 9.59 Å². The number of aryl methyl sites for hydroxylation is 2. The maximum absolute atomic E-state index is 12.6. The van der Waals surface area contributed by atoms with E-state index in [2.05, 4.69) is 5.32 Å². The second-order valence-corrected chi connectivity index (χ2v) is 6.23. The molecule has 0 spiro atoms. The van der Waals surface area contributed by atoms with E-state index in [1.807, 2.05) is 37.3 Å². The summed E-state index contributed by atoms with van der Waals surface area (Å²) in [6, 6.07) is 15.4. The van der Waals surface area contributed by atoms with Crippen LogP contribution in [0.2, 0.25) is 0 Å². The van der Waals surface area contributed by atoms with Crippen LogP contribution in [0.3, 0.4) is 0 Å². The Balaban J connectivity index is 1.76. The molecule has 0 fully saturated rings. The molecule has 0 saturated carbocycles. The summed E-state index contributed by atoms with van der Waals surface area (Å²) in [7, 11) is 0. The number of para-hydroxylation sites is 2. The lowest BCUT2D eigenvalue weighted by Crippen LogP contribution is -2.38. The van der Waals surface area contributed by atoms with Gasteiger partial charge in [-0.05, 0) is 24.6 Å². The third-order valence-electron chi connectivity index (χ3n) is 4.53. The minimum absolute atomic E-state index is 0.0637. The van der Waals surface area contributed by atoms with Crippen molar-refractivity contribution in [3.63, 3.8) is 0 Å². The Morgan fingerprint density at radius 1 is 1.00 bits per heavy atom. The lowest BCUT2D eigenvalue weighted by Gasteiger charge is -2.16. The number of nitrogens with zero attached hydrogens (tertiary/aromatic N) is 2. The molecule has 3 rings (SSSR count). The van der Waals surface area contributed by atoms with Crippen LogP contribution in [-0.4, -0.2) is 20.9 Å². The number of nitrogens with one attached hydrogen (secondary N) is 1. The minimum Gasteiger partial charge on any atom is -0.368 e. The standard InChI is InChI=1S/C20H22N4O3/c1-2-23-15-10-6-7-11-16(15)24(20(23)27)13-12-17(25)22-18(19(21)26)14-8-4-3-5-9-14/h3-11,18H,2,12-13H2,1H3,(H2,21,26)(H,22,25)/t18-/m0/s1. The fourth-order valence-electron chi connectivity index (χ4n) is 3.20. The molecule has 0 saturated heterocycles. The van der Waals surface area contributed by atoms with Crippen LogP contribution in [0.25, 0.3) is 11.0 Å². The van der Waals surface area contributed by atoms with E-state index in [9.17, 15) is 14.4 Å². The quantitative estimate of drug-likeness (QED) is 0.664. The number of carbonyl (C=O) groups is 2. The first-order valence-electron chi connectivity index (χ1n) is 8.84. The molecule has 1 aromatic heterocycles. The van der Waals surface area contributed by atoms with Crippen LogP contribution in [-0.2, 0) is 22.7 Å². The predicted octanol–water partition coefficient (Wildman–Crippen LogP) is 1.56. The van der Waals surface area contributed by atoms with E-state index < -0.39 is 11.9 Å². The highest BCUT2D eigenvalue weighted by atomic mass is 16.2. The average molecular weight is 366 g/mol. The normalized spacial score (nSPS) is 12.0. The molecule has 2 aromatic carbocycles. The van der Waals surface area contributed by atoms with Crippen LogP contribution < -0.4 is 16.7 Å². The van der Waals surface area contributed by atoms with Gasteiger partial charge in [0.1, 0.15) is 6.04 Å². The summed E-state index contributed by atoms with van der Waals surface area (Å²) in [6.45, 7) is 2.68. The third-order valence-corrected chi connectivity index (χ3v) is 4.53. The summed E-state index contributed by atoms with van der Waals surface area (Å²) in [5, 5.41) is 2.66. The third kappa shape index (κ3) is 3.76. The van der Waals surface area contributed by atoms with Crippen LogP contribution in [0.15, 0.2) is 59.4 Å². The van der Waals surface area contributed by atoms with Gasteiger partial charge in [-0.1, -0.05) is 42.5 Å². The molecule has 7 heteroatoms. The summed E-state index contributed by atoms with van der Waals surface area (Å²) in [5.41, 5.74) is 7.53. The Morgan fingerprint density at radius 3 is 2.19 bits per heavy atom. The lowest BCUT2D eigenvalue weighted by molar-refractivity contribution is -0.127. The van der Waals surface area contributed by atoms with E-state index >= 15 is 0 Å². The van der Waals surface area contributed by atoms with Crippen molar-refractivity contribution in [2.75, 3.05) is 0 Å². The Labute approximate surface area is 156 Å².